The molecule has 1 aliphatic rings. The Bertz CT molecular complexity index is 388. The second-order valence-corrected chi connectivity index (χ2v) is 5.43. The molecule has 1 saturated heterocycles. The fourth-order valence-corrected chi connectivity index (χ4v) is 2.55. The van der Waals surface area contributed by atoms with Crippen LogP contribution in [0.3, 0.4) is 0 Å². The Kier molecular flexibility index (Phi) is 5.94. The van der Waals surface area contributed by atoms with Crippen molar-refractivity contribution >= 4 is 0 Å². The number of aromatic nitrogens is 2. The van der Waals surface area contributed by atoms with Gasteiger partial charge < -0.3 is 9.63 Å². The molecule has 1 fully saturated rings. The molecule has 1 N–H and O–H groups in total. The van der Waals surface area contributed by atoms with Crippen LogP contribution in [0.25, 0.3) is 0 Å². The molecule has 0 unspecified atom stereocenters. The van der Waals surface area contributed by atoms with E-state index in [1.807, 2.05) is 0 Å². The van der Waals surface area contributed by atoms with Gasteiger partial charge in [-0.1, -0.05) is 18.5 Å². The van der Waals surface area contributed by atoms with Crippen LogP contribution in [0.2, 0.25) is 0 Å². The van der Waals surface area contributed by atoms with Gasteiger partial charge in [-0.15, -0.1) is 0 Å². The molecule has 114 valence electrons. The molecule has 2 heterocycles. The van der Waals surface area contributed by atoms with E-state index in [-0.39, 0.29) is 12.6 Å². The summed E-state index contributed by atoms with van der Waals surface area (Å²) in [5, 5.41) is 13.0. The Morgan fingerprint density at radius 1 is 1.30 bits per heavy atom. The number of nitrogens with zero attached hydrogens (tertiary/aromatic N) is 4. The monoisotopic (exact) mass is 282 g/mol. The number of β-amino-alcohol motifs (C(OH)–C–C–N with tert-alkyl or cyclic N) is 1. The predicted octanol–water partition coefficient (Wildman–Crippen LogP) is 1.08. The summed E-state index contributed by atoms with van der Waals surface area (Å²) >= 11 is 0. The van der Waals surface area contributed by atoms with E-state index in [4.69, 9.17) is 9.63 Å². The van der Waals surface area contributed by atoms with Crippen molar-refractivity contribution in [3.8, 4) is 0 Å². The minimum atomic E-state index is 0.175. The molecule has 1 aromatic heterocycles. The van der Waals surface area contributed by atoms with Crippen molar-refractivity contribution in [1.29, 1.82) is 0 Å². The van der Waals surface area contributed by atoms with Crippen molar-refractivity contribution in [2.45, 2.75) is 39.2 Å². The first-order valence-corrected chi connectivity index (χ1v) is 7.64. The van der Waals surface area contributed by atoms with Crippen molar-refractivity contribution in [2.24, 2.45) is 0 Å². The molecule has 0 aliphatic carbocycles. The SMILES string of the molecule is CCCCc1noc([C@@H](C)N2CCN(CCO)CC2)n1. The lowest BCUT2D eigenvalue weighted by atomic mass is 10.2. The third-order valence-corrected chi connectivity index (χ3v) is 3.97. The van der Waals surface area contributed by atoms with Gasteiger partial charge in [0.1, 0.15) is 0 Å². The molecule has 0 saturated carbocycles. The Labute approximate surface area is 120 Å². The van der Waals surface area contributed by atoms with Crippen LogP contribution >= 0.6 is 0 Å². The highest BCUT2D eigenvalue weighted by atomic mass is 16.5. The third kappa shape index (κ3) is 4.01. The molecule has 1 atom stereocenters. The average Bonchev–Trinajstić information content (AvgIpc) is 2.94. The van der Waals surface area contributed by atoms with Gasteiger partial charge in [0.15, 0.2) is 5.82 Å². The van der Waals surface area contributed by atoms with E-state index in [1.54, 1.807) is 0 Å². The topological polar surface area (TPSA) is 65.6 Å². The highest BCUT2D eigenvalue weighted by Crippen LogP contribution is 2.20. The van der Waals surface area contributed by atoms with Gasteiger partial charge in [-0.2, -0.15) is 4.98 Å². The Morgan fingerprint density at radius 3 is 2.70 bits per heavy atom. The zero-order valence-corrected chi connectivity index (χ0v) is 12.6. The molecule has 0 radical (unpaired) electrons. The number of aliphatic hydroxyl groups is 1. The number of aliphatic hydroxyl groups excluding tert-OH is 1. The first-order valence-electron chi connectivity index (χ1n) is 7.64. The summed E-state index contributed by atoms with van der Waals surface area (Å²) in [6, 6.07) is 0.175. The number of unbranched alkanes of at least 4 members (excludes halogenated alkanes) is 1. The van der Waals surface area contributed by atoms with E-state index in [9.17, 15) is 0 Å². The normalized spacial score (nSPS) is 19.4. The second kappa shape index (κ2) is 7.71. The molecular weight excluding hydrogens is 256 g/mol. The quantitative estimate of drug-likeness (QED) is 0.807. The zero-order chi connectivity index (χ0) is 14.4. The van der Waals surface area contributed by atoms with Gasteiger partial charge in [-0.05, 0) is 13.3 Å². The van der Waals surface area contributed by atoms with Crippen molar-refractivity contribution in [3.05, 3.63) is 11.7 Å². The number of aryl methyl sites for hydroxylation is 1. The van der Waals surface area contributed by atoms with Crippen LogP contribution in [0.1, 0.15) is 44.4 Å². The van der Waals surface area contributed by atoms with Gasteiger partial charge in [0, 0.05) is 39.1 Å². The van der Waals surface area contributed by atoms with E-state index >= 15 is 0 Å². The lowest BCUT2D eigenvalue weighted by Gasteiger charge is -2.36. The molecule has 1 aliphatic heterocycles. The van der Waals surface area contributed by atoms with Crippen molar-refractivity contribution < 1.29 is 9.63 Å². The maximum absolute atomic E-state index is 8.96. The minimum Gasteiger partial charge on any atom is -0.395 e. The molecule has 0 amide bonds. The van der Waals surface area contributed by atoms with Gasteiger partial charge in [0.2, 0.25) is 5.89 Å². The van der Waals surface area contributed by atoms with Gasteiger partial charge in [-0.3, -0.25) is 9.80 Å². The Balaban J connectivity index is 1.85. The summed E-state index contributed by atoms with van der Waals surface area (Å²) in [6.45, 7) is 9.23. The van der Waals surface area contributed by atoms with Crippen LogP contribution < -0.4 is 0 Å². The molecule has 0 aromatic carbocycles. The summed E-state index contributed by atoms with van der Waals surface area (Å²) in [5.41, 5.74) is 0. The minimum absolute atomic E-state index is 0.175. The van der Waals surface area contributed by atoms with Gasteiger partial charge >= 0.3 is 0 Å². The molecule has 6 heteroatoms. The highest BCUT2D eigenvalue weighted by molar-refractivity contribution is 4.93. The van der Waals surface area contributed by atoms with Crippen LogP contribution in [0.15, 0.2) is 4.52 Å². The molecule has 0 spiro atoms. The lowest BCUT2D eigenvalue weighted by molar-refractivity contribution is 0.0776. The van der Waals surface area contributed by atoms with E-state index in [2.05, 4.69) is 33.8 Å². The van der Waals surface area contributed by atoms with E-state index in [0.717, 1.165) is 63.7 Å². The third-order valence-electron chi connectivity index (χ3n) is 3.97. The molecular formula is C14H26N4O2. The van der Waals surface area contributed by atoms with E-state index in [0.29, 0.717) is 0 Å². The van der Waals surface area contributed by atoms with Gasteiger partial charge in [-0.25, -0.2) is 0 Å². The lowest BCUT2D eigenvalue weighted by Crippen LogP contribution is -2.47. The van der Waals surface area contributed by atoms with Crippen molar-refractivity contribution in [1.82, 2.24) is 19.9 Å². The highest BCUT2D eigenvalue weighted by Gasteiger charge is 2.25. The zero-order valence-electron chi connectivity index (χ0n) is 12.6. The van der Waals surface area contributed by atoms with Gasteiger partial charge in [0.05, 0.1) is 12.6 Å². The number of hydrogen-bond acceptors (Lipinski definition) is 6. The van der Waals surface area contributed by atoms with Crippen LogP contribution in [-0.4, -0.2) is 64.4 Å². The Hall–Kier alpha value is -0.980. The van der Waals surface area contributed by atoms with Crippen molar-refractivity contribution in [2.75, 3.05) is 39.3 Å². The smallest absolute Gasteiger partial charge is 0.243 e. The van der Waals surface area contributed by atoms with Crippen LogP contribution in [-0.2, 0) is 6.42 Å². The van der Waals surface area contributed by atoms with Crippen molar-refractivity contribution in [3.63, 3.8) is 0 Å². The molecule has 20 heavy (non-hydrogen) atoms. The Morgan fingerprint density at radius 2 is 2.05 bits per heavy atom. The molecule has 1 aromatic rings. The fraction of sp³-hybridized carbons (Fsp3) is 0.857. The first-order chi connectivity index (χ1) is 9.74. The van der Waals surface area contributed by atoms with Crippen LogP contribution in [0.5, 0.6) is 0 Å². The van der Waals surface area contributed by atoms with Crippen LogP contribution in [0.4, 0.5) is 0 Å². The maximum atomic E-state index is 8.96. The maximum Gasteiger partial charge on any atom is 0.243 e. The molecule has 2 rings (SSSR count). The summed E-state index contributed by atoms with van der Waals surface area (Å²) in [7, 11) is 0. The number of hydrogen-bond donors (Lipinski definition) is 1. The second-order valence-electron chi connectivity index (χ2n) is 5.43. The summed E-state index contributed by atoms with van der Waals surface area (Å²) < 4.78 is 5.39. The summed E-state index contributed by atoms with van der Waals surface area (Å²) in [5.74, 6) is 1.55. The number of rotatable bonds is 7. The first kappa shape index (κ1) is 15.4. The van der Waals surface area contributed by atoms with Crippen LogP contribution in [0, 0.1) is 0 Å². The van der Waals surface area contributed by atoms with E-state index < -0.39 is 0 Å². The fourth-order valence-electron chi connectivity index (χ4n) is 2.55. The molecule has 6 nitrogen and oxygen atoms in total. The largest absolute Gasteiger partial charge is 0.395 e. The number of piperazine rings is 1. The molecule has 0 bridgehead atoms. The summed E-state index contributed by atoms with van der Waals surface area (Å²) in [4.78, 5) is 9.15. The standard InChI is InChI=1S/C14H26N4O2/c1-3-4-5-13-15-14(20-16-13)12(2)18-8-6-17(7-9-18)10-11-19/h12,19H,3-11H2,1-2H3/t12-/m1/s1. The van der Waals surface area contributed by atoms with E-state index in [1.165, 1.54) is 0 Å². The average molecular weight is 282 g/mol. The predicted molar refractivity (Wildman–Crippen MR) is 76.4 cm³/mol. The summed E-state index contributed by atoms with van der Waals surface area (Å²) in [6.07, 6.45) is 3.15. The van der Waals surface area contributed by atoms with Gasteiger partial charge in [0.25, 0.3) is 0 Å².